The summed E-state index contributed by atoms with van der Waals surface area (Å²) in [4.78, 5) is 4.14. The summed E-state index contributed by atoms with van der Waals surface area (Å²) in [5.41, 5.74) is -0.366. The molecule has 0 unspecified atom stereocenters. The SMILES string of the molecule is CC(C)Cn1ccnc1Nc1cc(Br)cc(C(F)(F)F)c1. The fourth-order valence-corrected chi connectivity index (χ4v) is 2.42. The molecule has 1 aromatic heterocycles. The molecule has 0 saturated heterocycles. The van der Waals surface area contributed by atoms with E-state index in [-0.39, 0.29) is 0 Å². The molecule has 0 bridgehead atoms. The van der Waals surface area contributed by atoms with E-state index in [9.17, 15) is 13.2 Å². The number of aromatic nitrogens is 2. The van der Waals surface area contributed by atoms with Crippen molar-refractivity contribution in [1.29, 1.82) is 0 Å². The lowest BCUT2D eigenvalue weighted by atomic mass is 10.2. The van der Waals surface area contributed by atoms with Crippen LogP contribution >= 0.6 is 15.9 Å². The number of imidazole rings is 1. The van der Waals surface area contributed by atoms with Gasteiger partial charge in [0.15, 0.2) is 0 Å². The third-order valence-electron chi connectivity index (χ3n) is 2.76. The summed E-state index contributed by atoms with van der Waals surface area (Å²) >= 11 is 3.10. The van der Waals surface area contributed by atoms with Crippen LogP contribution < -0.4 is 5.32 Å². The molecule has 1 heterocycles. The number of halogens is 4. The zero-order valence-electron chi connectivity index (χ0n) is 11.6. The number of nitrogens with one attached hydrogen (secondary N) is 1. The number of anilines is 2. The van der Waals surface area contributed by atoms with Crippen LogP contribution in [-0.2, 0) is 12.7 Å². The Morgan fingerprint density at radius 1 is 1.29 bits per heavy atom. The van der Waals surface area contributed by atoms with Gasteiger partial charge in [-0.1, -0.05) is 29.8 Å². The molecular formula is C14H15BrF3N3. The third-order valence-corrected chi connectivity index (χ3v) is 3.22. The lowest BCUT2D eigenvalue weighted by Crippen LogP contribution is -2.09. The highest BCUT2D eigenvalue weighted by Crippen LogP contribution is 2.34. The van der Waals surface area contributed by atoms with Crippen molar-refractivity contribution >= 4 is 27.6 Å². The van der Waals surface area contributed by atoms with Gasteiger partial charge in [0.25, 0.3) is 0 Å². The van der Waals surface area contributed by atoms with Crippen molar-refractivity contribution in [3.05, 3.63) is 40.6 Å². The van der Waals surface area contributed by atoms with E-state index >= 15 is 0 Å². The van der Waals surface area contributed by atoms with Gasteiger partial charge < -0.3 is 9.88 Å². The van der Waals surface area contributed by atoms with Gasteiger partial charge in [-0.2, -0.15) is 13.2 Å². The first-order valence-electron chi connectivity index (χ1n) is 6.41. The normalized spacial score (nSPS) is 12.0. The Balaban J connectivity index is 2.28. The Morgan fingerprint density at radius 3 is 2.62 bits per heavy atom. The van der Waals surface area contributed by atoms with E-state index in [1.807, 2.05) is 4.57 Å². The standard InChI is InChI=1S/C14H15BrF3N3/c1-9(2)8-21-4-3-19-13(21)20-12-6-10(14(16,17)18)5-11(15)7-12/h3-7,9H,8H2,1-2H3,(H,19,20). The lowest BCUT2D eigenvalue weighted by Gasteiger charge is -2.14. The number of benzene rings is 1. The molecule has 1 aromatic carbocycles. The molecule has 2 aromatic rings. The van der Waals surface area contributed by atoms with E-state index < -0.39 is 11.7 Å². The first-order chi connectivity index (χ1) is 9.75. The molecule has 0 aliphatic carbocycles. The van der Waals surface area contributed by atoms with Crippen LogP contribution in [0.1, 0.15) is 19.4 Å². The Labute approximate surface area is 129 Å². The smallest absolute Gasteiger partial charge is 0.326 e. The van der Waals surface area contributed by atoms with Gasteiger partial charge in [-0.3, -0.25) is 0 Å². The van der Waals surface area contributed by atoms with Gasteiger partial charge in [0, 0.05) is 29.1 Å². The zero-order valence-corrected chi connectivity index (χ0v) is 13.2. The second-order valence-electron chi connectivity index (χ2n) is 5.15. The third kappa shape index (κ3) is 4.23. The van der Waals surface area contributed by atoms with Crippen LogP contribution in [0, 0.1) is 5.92 Å². The topological polar surface area (TPSA) is 29.9 Å². The van der Waals surface area contributed by atoms with Gasteiger partial charge in [-0.05, 0) is 24.1 Å². The molecule has 21 heavy (non-hydrogen) atoms. The number of hydrogen-bond acceptors (Lipinski definition) is 2. The Kier molecular flexibility index (Phi) is 4.61. The van der Waals surface area contributed by atoms with E-state index in [2.05, 4.69) is 40.1 Å². The van der Waals surface area contributed by atoms with Gasteiger partial charge in [-0.15, -0.1) is 0 Å². The van der Waals surface area contributed by atoms with Gasteiger partial charge in [0.1, 0.15) is 0 Å². The van der Waals surface area contributed by atoms with Crippen LogP contribution in [0.25, 0.3) is 0 Å². The van der Waals surface area contributed by atoms with Crippen molar-refractivity contribution in [2.24, 2.45) is 5.92 Å². The summed E-state index contributed by atoms with van der Waals surface area (Å²) in [6.07, 6.45) is -0.966. The molecule has 0 aliphatic heterocycles. The molecule has 2 rings (SSSR count). The Hall–Kier alpha value is -1.50. The number of hydrogen-bond donors (Lipinski definition) is 1. The monoisotopic (exact) mass is 361 g/mol. The minimum Gasteiger partial charge on any atom is -0.326 e. The van der Waals surface area contributed by atoms with Crippen molar-refractivity contribution in [1.82, 2.24) is 9.55 Å². The zero-order chi connectivity index (χ0) is 15.6. The average Bonchev–Trinajstić information content (AvgIpc) is 2.74. The molecule has 0 atom stereocenters. The quantitative estimate of drug-likeness (QED) is 0.824. The minimum absolute atomic E-state index is 0.341. The van der Waals surface area contributed by atoms with Crippen molar-refractivity contribution in [3.8, 4) is 0 Å². The average molecular weight is 362 g/mol. The second-order valence-corrected chi connectivity index (χ2v) is 6.06. The summed E-state index contributed by atoms with van der Waals surface area (Å²) in [5, 5.41) is 2.93. The fourth-order valence-electron chi connectivity index (χ4n) is 1.93. The summed E-state index contributed by atoms with van der Waals surface area (Å²) in [6.45, 7) is 4.86. The molecule has 7 heteroatoms. The molecule has 1 N–H and O–H groups in total. The predicted octanol–water partition coefficient (Wildman–Crippen LogP) is 5.06. The van der Waals surface area contributed by atoms with Crippen molar-refractivity contribution in [2.45, 2.75) is 26.6 Å². The summed E-state index contributed by atoms with van der Waals surface area (Å²) in [6, 6.07) is 3.70. The molecule has 3 nitrogen and oxygen atoms in total. The maximum absolute atomic E-state index is 12.8. The largest absolute Gasteiger partial charge is 0.416 e. The highest BCUT2D eigenvalue weighted by atomic mass is 79.9. The molecule has 0 aliphatic rings. The molecule has 0 radical (unpaired) electrons. The minimum atomic E-state index is -4.38. The predicted molar refractivity (Wildman–Crippen MR) is 79.5 cm³/mol. The van der Waals surface area contributed by atoms with Gasteiger partial charge in [0.05, 0.1) is 5.56 Å². The molecule has 0 spiro atoms. The highest BCUT2D eigenvalue weighted by Gasteiger charge is 2.31. The summed E-state index contributed by atoms with van der Waals surface area (Å²) in [7, 11) is 0. The maximum Gasteiger partial charge on any atom is 0.416 e. The van der Waals surface area contributed by atoms with Crippen molar-refractivity contribution in [2.75, 3.05) is 5.32 Å². The number of rotatable bonds is 4. The van der Waals surface area contributed by atoms with Crippen LogP contribution in [0.15, 0.2) is 35.1 Å². The number of nitrogens with zero attached hydrogens (tertiary/aromatic N) is 2. The molecule has 0 fully saturated rings. The van der Waals surface area contributed by atoms with Crippen LogP contribution in [0.4, 0.5) is 24.8 Å². The van der Waals surface area contributed by atoms with E-state index in [0.717, 1.165) is 18.7 Å². The summed E-state index contributed by atoms with van der Waals surface area (Å²) < 4.78 is 40.7. The van der Waals surface area contributed by atoms with Gasteiger partial charge >= 0.3 is 6.18 Å². The van der Waals surface area contributed by atoms with Gasteiger partial charge in [0.2, 0.25) is 5.95 Å². The molecular weight excluding hydrogens is 347 g/mol. The molecule has 0 saturated carbocycles. The fraction of sp³-hybridized carbons (Fsp3) is 0.357. The Bertz CT molecular complexity index is 620. The van der Waals surface area contributed by atoms with E-state index in [1.54, 1.807) is 18.5 Å². The molecule has 114 valence electrons. The van der Waals surface area contributed by atoms with E-state index in [0.29, 0.717) is 22.0 Å². The summed E-state index contributed by atoms with van der Waals surface area (Å²) in [5.74, 6) is 0.933. The van der Waals surface area contributed by atoms with Crippen molar-refractivity contribution < 1.29 is 13.2 Å². The van der Waals surface area contributed by atoms with E-state index in [1.165, 1.54) is 0 Å². The van der Waals surface area contributed by atoms with Crippen LogP contribution in [0.2, 0.25) is 0 Å². The Morgan fingerprint density at radius 2 is 2.00 bits per heavy atom. The maximum atomic E-state index is 12.8. The lowest BCUT2D eigenvalue weighted by molar-refractivity contribution is -0.137. The highest BCUT2D eigenvalue weighted by molar-refractivity contribution is 9.10. The van der Waals surface area contributed by atoms with Crippen LogP contribution in [0.5, 0.6) is 0 Å². The van der Waals surface area contributed by atoms with E-state index in [4.69, 9.17) is 0 Å². The first kappa shape index (κ1) is 15.9. The first-order valence-corrected chi connectivity index (χ1v) is 7.21. The second kappa shape index (κ2) is 6.09. The van der Waals surface area contributed by atoms with Crippen LogP contribution in [-0.4, -0.2) is 9.55 Å². The number of alkyl halides is 3. The van der Waals surface area contributed by atoms with Crippen molar-refractivity contribution in [3.63, 3.8) is 0 Å². The van der Waals surface area contributed by atoms with Crippen LogP contribution in [0.3, 0.4) is 0 Å². The molecule has 0 amide bonds. The van der Waals surface area contributed by atoms with Gasteiger partial charge in [-0.25, -0.2) is 4.98 Å².